The molecular formula is C22H27N3O5. The maximum atomic E-state index is 12.6. The number of carbonyl (C=O) groups excluding carboxylic acids is 2. The molecule has 1 aliphatic carbocycles. The maximum Gasteiger partial charge on any atom is 0.267 e. The molecule has 6 N–H and O–H groups in total. The molecule has 0 spiro atoms. The van der Waals surface area contributed by atoms with Crippen LogP contribution < -0.4 is 16.1 Å². The van der Waals surface area contributed by atoms with E-state index >= 15 is 0 Å². The monoisotopic (exact) mass is 413 g/mol. The lowest BCUT2D eigenvalue weighted by atomic mass is 9.93. The molecule has 0 aromatic heterocycles. The van der Waals surface area contributed by atoms with E-state index in [0.29, 0.717) is 11.1 Å². The normalized spacial score (nSPS) is 18.2. The number of aliphatic hydroxyl groups is 2. The van der Waals surface area contributed by atoms with E-state index in [-0.39, 0.29) is 31.6 Å². The molecule has 8 heteroatoms. The minimum absolute atomic E-state index is 0.139. The standard InChI is InChI=1S/C22H27N3O5/c1-22(2,23-11-12-26)19(21(29)25-30)24-20(28)16-9-7-15(8-10-16)5-3-4-6-17-13-18(17)14-27/h7-10,17-19,23,26-27,30H,11-14H2,1-2H3,(H,24,28)(H,25,29). The Kier molecular flexibility index (Phi) is 8.40. The number of nitrogens with one attached hydrogen (secondary N) is 3. The first kappa shape index (κ1) is 23.4. The van der Waals surface area contributed by atoms with Crippen molar-refractivity contribution in [2.45, 2.75) is 31.8 Å². The van der Waals surface area contributed by atoms with Gasteiger partial charge in [0.2, 0.25) is 0 Å². The molecule has 1 aromatic rings. The number of amides is 2. The van der Waals surface area contributed by atoms with Gasteiger partial charge in [-0.15, -0.1) is 0 Å². The molecule has 2 amide bonds. The lowest BCUT2D eigenvalue weighted by Gasteiger charge is -2.34. The van der Waals surface area contributed by atoms with Crippen LogP contribution >= 0.6 is 0 Å². The zero-order valence-corrected chi connectivity index (χ0v) is 17.0. The summed E-state index contributed by atoms with van der Waals surface area (Å²) in [6.45, 7) is 3.59. The van der Waals surface area contributed by atoms with Gasteiger partial charge in [0.1, 0.15) is 6.04 Å². The first-order chi connectivity index (χ1) is 14.3. The van der Waals surface area contributed by atoms with Gasteiger partial charge in [-0.25, -0.2) is 5.48 Å². The zero-order chi connectivity index (χ0) is 22.1. The first-order valence-electron chi connectivity index (χ1n) is 9.65. The highest BCUT2D eigenvalue weighted by Gasteiger charge is 2.36. The van der Waals surface area contributed by atoms with Crippen molar-refractivity contribution in [1.82, 2.24) is 16.1 Å². The van der Waals surface area contributed by atoms with Crippen LogP contribution in [0.25, 0.3) is 0 Å². The van der Waals surface area contributed by atoms with Gasteiger partial charge in [-0.2, -0.15) is 0 Å². The molecule has 0 radical (unpaired) electrons. The van der Waals surface area contributed by atoms with Crippen molar-refractivity contribution in [3.8, 4) is 23.7 Å². The predicted molar refractivity (Wildman–Crippen MR) is 110 cm³/mol. The molecule has 3 unspecified atom stereocenters. The second kappa shape index (κ2) is 10.8. The Morgan fingerprint density at radius 1 is 1.20 bits per heavy atom. The van der Waals surface area contributed by atoms with E-state index in [0.717, 1.165) is 6.42 Å². The van der Waals surface area contributed by atoms with Gasteiger partial charge in [0.25, 0.3) is 11.8 Å². The Labute approximate surface area is 176 Å². The van der Waals surface area contributed by atoms with E-state index in [2.05, 4.69) is 34.3 Å². The molecule has 30 heavy (non-hydrogen) atoms. The number of hydroxylamine groups is 1. The van der Waals surface area contributed by atoms with Gasteiger partial charge >= 0.3 is 0 Å². The quantitative estimate of drug-likeness (QED) is 0.196. The van der Waals surface area contributed by atoms with Crippen LogP contribution in [0.3, 0.4) is 0 Å². The Balaban J connectivity index is 2.02. The van der Waals surface area contributed by atoms with Crippen molar-refractivity contribution in [3.05, 3.63) is 35.4 Å². The fraction of sp³-hybridized carbons (Fsp3) is 0.455. The third kappa shape index (κ3) is 6.58. The van der Waals surface area contributed by atoms with Crippen LogP contribution in [0.1, 0.15) is 36.2 Å². The molecule has 160 valence electrons. The highest BCUT2D eigenvalue weighted by Crippen LogP contribution is 2.36. The fourth-order valence-corrected chi connectivity index (χ4v) is 2.90. The number of carbonyl (C=O) groups is 2. The van der Waals surface area contributed by atoms with Crippen molar-refractivity contribution >= 4 is 11.8 Å². The molecule has 2 rings (SSSR count). The lowest BCUT2D eigenvalue weighted by molar-refractivity contribution is -0.133. The first-order valence-corrected chi connectivity index (χ1v) is 9.65. The average molecular weight is 413 g/mol. The van der Waals surface area contributed by atoms with Gasteiger partial charge in [-0.1, -0.05) is 11.8 Å². The van der Waals surface area contributed by atoms with E-state index in [1.165, 1.54) is 0 Å². The molecule has 0 saturated heterocycles. The van der Waals surface area contributed by atoms with Gasteiger partial charge in [0, 0.05) is 35.7 Å². The molecule has 1 aliphatic rings. The molecular weight excluding hydrogens is 386 g/mol. The number of rotatable bonds is 8. The van der Waals surface area contributed by atoms with Crippen LogP contribution in [0.4, 0.5) is 0 Å². The maximum absolute atomic E-state index is 12.6. The van der Waals surface area contributed by atoms with Crippen LogP contribution in [0.15, 0.2) is 24.3 Å². The number of hydrogen-bond donors (Lipinski definition) is 6. The van der Waals surface area contributed by atoms with E-state index in [4.69, 9.17) is 15.4 Å². The Hall–Kier alpha value is -2.88. The highest BCUT2D eigenvalue weighted by atomic mass is 16.5. The second-order valence-electron chi connectivity index (χ2n) is 7.64. The van der Waals surface area contributed by atoms with Crippen LogP contribution in [0.5, 0.6) is 0 Å². The van der Waals surface area contributed by atoms with E-state index in [9.17, 15) is 9.59 Å². The minimum Gasteiger partial charge on any atom is -0.396 e. The Morgan fingerprint density at radius 3 is 2.47 bits per heavy atom. The minimum atomic E-state index is -1.08. The van der Waals surface area contributed by atoms with Crippen molar-refractivity contribution in [2.24, 2.45) is 11.8 Å². The Morgan fingerprint density at radius 2 is 1.90 bits per heavy atom. The third-order valence-electron chi connectivity index (χ3n) is 4.89. The topological polar surface area (TPSA) is 131 Å². The molecule has 8 nitrogen and oxygen atoms in total. The highest BCUT2D eigenvalue weighted by molar-refractivity contribution is 5.97. The largest absolute Gasteiger partial charge is 0.396 e. The smallest absolute Gasteiger partial charge is 0.267 e. The summed E-state index contributed by atoms with van der Waals surface area (Å²) >= 11 is 0. The molecule has 3 atom stereocenters. The molecule has 0 heterocycles. The second-order valence-corrected chi connectivity index (χ2v) is 7.64. The van der Waals surface area contributed by atoms with Crippen LogP contribution in [0, 0.1) is 35.5 Å². The molecule has 1 fully saturated rings. The van der Waals surface area contributed by atoms with Gasteiger partial charge in [-0.05, 0) is 62.3 Å². The zero-order valence-electron chi connectivity index (χ0n) is 17.0. The molecule has 0 aliphatic heterocycles. The molecule has 1 aromatic carbocycles. The number of hydrogen-bond acceptors (Lipinski definition) is 6. The van der Waals surface area contributed by atoms with Crippen molar-refractivity contribution in [1.29, 1.82) is 0 Å². The summed E-state index contributed by atoms with van der Waals surface area (Å²) in [5, 5.41) is 32.5. The summed E-state index contributed by atoms with van der Waals surface area (Å²) in [7, 11) is 0. The van der Waals surface area contributed by atoms with E-state index in [1.807, 2.05) is 0 Å². The molecule has 1 saturated carbocycles. The number of aliphatic hydroxyl groups excluding tert-OH is 2. The van der Waals surface area contributed by atoms with Crippen LogP contribution in [0.2, 0.25) is 0 Å². The number of β-amino-alcohol motifs (C(OH)–C–C–N with tert-alkyl or cyclic N) is 1. The van der Waals surface area contributed by atoms with Crippen molar-refractivity contribution < 1.29 is 25.0 Å². The SMILES string of the molecule is CC(C)(NCCO)C(NC(=O)c1ccc(C#CC#CC2CC2CO)cc1)C(=O)NO. The van der Waals surface area contributed by atoms with Gasteiger partial charge in [-0.3, -0.25) is 14.8 Å². The van der Waals surface area contributed by atoms with Crippen LogP contribution in [-0.2, 0) is 4.79 Å². The summed E-state index contributed by atoms with van der Waals surface area (Å²) < 4.78 is 0. The molecule has 0 bridgehead atoms. The van der Waals surface area contributed by atoms with Crippen LogP contribution in [-0.4, -0.2) is 58.6 Å². The number of benzene rings is 1. The average Bonchev–Trinajstić information content (AvgIpc) is 3.51. The lowest BCUT2D eigenvalue weighted by Crippen LogP contribution is -2.63. The van der Waals surface area contributed by atoms with Gasteiger partial charge in [0.15, 0.2) is 0 Å². The summed E-state index contributed by atoms with van der Waals surface area (Å²) in [6.07, 6.45) is 0.913. The van der Waals surface area contributed by atoms with Crippen molar-refractivity contribution in [3.63, 3.8) is 0 Å². The fourth-order valence-electron chi connectivity index (χ4n) is 2.90. The summed E-state index contributed by atoms with van der Waals surface area (Å²) in [5.74, 6) is 10.7. The van der Waals surface area contributed by atoms with Gasteiger partial charge < -0.3 is 20.8 Å². The van der Waals surface area contributed by atoms with Crippen molar-refractivity contribution in [2.75, 3.05) is 19.8 Å². The van der Waals surface area contributed by atoms with Gasteiger partial charge in [0.05, 0.1) is 6.61 Å². The van der Waals surface area contributed by atoms with E-state index < -0.39 is 23.4 Å². The predicted octanol–water partition coefficient (Wildman–Crippen LogP) is -0.366. The Bertz CT molecular complexity index is 874. The third-order valence-corrected chi connectivity index (χ3v) is 4.89. The van der Waals surface area contributed by atoms with E-state index in [1.54, 1.807) is 43.6 Å². The summed E-state index contributed by atoms with van der Waals surface area (Å²) in [4.78, 5) is 24.6. The summed E-state index contributed by atoms with van der Waals surface area (Å²) in [6, 6.07) is 5.43. The summed E-state index contributed by atoms with van der Waals surface area (Å²) in [5.41, 5.74) is 1.64.